The quantitative estimate of drug-likeness (QED) is 0.0762. The molecule has 1 aliphatic heterocycles. The minimum absolute atomic E-state index is 0.0336. The first-order chi connectivity index (χ1) is 20.7. The van der Waals surface area contributed by atoms with Crippen molar-refractivity contribution in [2.24, 2.45) is 10.9 Å². The van der Waals surface area contributed by atoms with Gasteiger partial charge in [0.15, 0.2) is 11.5 Å². The molecule has 0 saturated carbocycles. The Kier molecular flexibility index (Phi) is 10.8. The van der Waals surface area contributed by atoms with E-state index in [9.17, 15) is 29.9 Å². The molecule has 0 bridgehead atoms. The van der Waals surface area contributed by atoms with Gasteiger partial charge in [-0.25, -0.2) is 4.79 Å². The van der Waals surface area contributed by atoms with Crippen LogP contribution in [0.15, 0.2) is 77.4 Å². The van der Waals surface area contributed by atoms with Crippen LogP contribution in [-0.2, 0) is 9.59 Å². The van der Waals surface area contributed by atoms with Crippen molar-refractivity contribution in [1.29, 1.82) is 0 Å². The third-order valence-electron chi connectivity index (χ3n) is 6.82. The van der Waals surface area contributed by atoms with Crippen LogP contribution in [0.3, 0.4) is 0 Å². The normalized spacial score (nSPS) is 15.3. The Morgan fingerprint density at radius 2 is 1.86 bits per heavy atom. The molecule has 12 nitrogen and oxygen atoms in total. The maximum absolute atomic E-state index is 12.7. The molecule has 1 heterocycles. The molecule has 226 valence electrons. The van der Waals surface area contributed by atoms with E-state index in [-0.39, 0.29) is 42.4 Å². The molecule has 0 spiro atoms. The number of fused-ring (bicyclic) bond motifs is 1. The van der Waals surface area contributed by atoms with Gasteiger partial charge in [-0.1, -0.05) is 36.4 Å². The SMILES string of the molecule is CC1=NC=C(C(=O)Oc2cc([N+](=O)[O-])ccc2OCCCCNCC(O)COc2cccc3ccccc23)CC1C(=O)O. The van der Waals surface area contributed by atoms with E-state index in [1.54, 1.807) is 6.92 Å². The monoisotopic (exact) mass is 591 g/mol. The third-order valence-corrected chi connectivity index (χ3v) is 6.82. The van der Waals surface area contributed by atoms with Crippen molar-refractivity contribution in [3.8, 4) is 17.2 Å². The number of esters is 1. The summed E-state index contributed by atoms with van der Waals surface area (Å²) in [7, 11) is 0. The molecule has 0 amide bonds. The number of ether oxygens (including phenoxy) is 3. The Bertz CT molecular complexity index is 1530. The van der Waals surface area contributed by atoms with Crippen molar-refractivity contribution < 1.29 is 38.9 Å². The van der Waals surface area contributed by atoms with E-state index < -0.39 is 28.9 Å². The van der Waals surface area contributed by atoms with Crippen LogP contribution in [0.5, 0.6) is 17.2 Å². The number of non-ortho nitro benzene ring substituents is 1. The number of benzene rings is 3. The zero-order chi connectivity index (χ0) is 30.8. The van der Waals surface area contributed by atoms with E-state index in [0.717, 1.165) is 16.8 Å². The summed E-state index contributed by atoms with van der Waals surface area (Å²) in [5.41, 5.74) is 0.102. The number of rotatable bonds is 15. The lowest BCUT2D eigenvalue weighted by atomic mass is 9.93. The summed E-state index contributed by atoms with van der Waals surface area (Å²) < 4.78 is 17.0. The van der Waals surface area contributed by atoms with Gasteiger partial charge < -0.3 is 29.7 Å². The molecule has 4 rings (SSSR count). The number of carbonyl (C=O) groups is 2. The summed E-state index contributed by atoms with van der Waals surface area (Å²) in [4.78, 5) is 38.8. The molecule has 0 aliphatic carbocycles. The number of aliphatic carboxylic acids is 1. The molecule has 1 aliphatic rings. The summed E-state index contributed by atoms with van der Waals surface area (Å²) in [6.45, 7) is 2.89. The summed E-state index contributed by atoms with van der Waals surface area (Å²) in [6.07, 6.45) is 1.76. The fourth-order valence-electron chi connectivity index (χ4n) is 4.44. The topological polar surface area (TPSA) is 170 Å². The number of nitro benzene ring substituents is 1. The van der Waals surface area contributed by atoms with Crippen LogP contribution in [0.2, 0.25) is 0 Å². The summed E-state index contributed by atoms with van der Waals surface area (Å²) in [5, 5.41) is 36.2. The van der Waals surface area contributed by atoms with Crippen LogP contribution in [0.1, 0.15) is 26.2 Å². The lowest BCUT2D eigenvalue weighted by Gasteiger charge is -2.18. The molecule has 43 heavy (non-hydrogen) atoms. The molecule has 0 radical (unpaired) electrons. The zero-order valence-electron chi connectivity index (χ0n) is 23.6. The highest BCUT2D eigenvalue weighted by atomic mass is 16.6. The van der Waals surface area contributed by atoms with Crippen LogP contribution in [0, 0.1) is 16.0 Å². The fourth-order valence-corrected chi connectivity index (χ4v) is 4.44. The summed E-state index contributed by atoms with van der Waals surface area (Å²) in [6, 6.07) is 17.3. The van der Waals surface area contributed by atoms with Gasteiger partial charge in [-0.05, 0) is 50.2 Å². The van der Waals surface area contributed by atoms with Crippen molar-refractivity contribution in [2.45, 2.75) is 32.3 Å². The second-order valence-electron chi connectivity index (χ2n) is 10.00. The van der Waals surface area contributed by atoms with Crippen molar-refractivity contribution in [3.63, 3.8) is 0 Å². The predicted octanol–water partition coefficient (Wildman–Crippen LogP) is 4.29. The van der Waals surface area contributed by atoms with E-state index in [1.165, 1.54) is 18.3 Å². The number of nitrogens with zero attached hydrogens (tertiary/aromatic N) is 2. The molecule has 0 aromatic heterocycles. The predicted molar refractivity (Wildman–Crippen MR) is 159 cm³/mol. The second-order valence-corrected chi connectivity index (χ2v) is 10.00. The van der Waals surface area contributed by atoms with Gasteiger partial charge in [0, 0.05) is 29.9 Å². The van der Waals surface area contributed by atoms with Crippen molar-refractivity contribution in [2.75, 3.05) is 26.3 Å². The van der Waals surface area contributed by atoms with Crippen molar-refractivity contribution >= 4 is 34.1 Å². The number of carboxylic acid groups (broad SMARTS) is 1. The second kappa shape index (κ2) is 14.9. The van der Waals surface area contributed by atoms with E-state index in [1.807, 2.05) is 42.5 Å². The third kappa shape index (κ3) is 8.60. The summed E-state index contributed by atoms with van der Waals surface area (Å²) in [5.74, 6) is -2.23. The maximum atomic E-state index is 12.7. The van der Waals surface area contributed by atoms with Crippen LogP contribution in [-0.4, -0.2) is 65.2 Å². The Morgan fingerprint density at radius 1 is 1.07 bits per heavy atom. The number of aliphatic imine (C=N–C) groups is 1. The molecule has 2 atom stereocenters. The molecule has 3 aromatic rings. The van der Waals surface area contributed by atoms with Crippen LogP contribution >= 0.6 is 0 Å². The highest BCUT2D eigenvalue weighted by Gasteiger charge is 2.29. The number of carboxylic acids is 1. The first-order valence-corrected chi connectivity index (χ1v) is 13.8. The van der Waals surface area contributed by atoms with Gasteiger partial charge in [-0.3, -0.25) is 19.9 Å². The van der Waals surface area contributed by atoms with Crippen molar-refractivity contribution in [1.82, 2.24) is 5.32 Å². The number of nitro groups is 1. The maximum Gasteiger partial charge on any atom is 0.341 e. The lowest BCUT2D eigenvalue weighted by molar-refractivity contribution is -0.384. The molecule has 12 heteroatoms. The van der Waals surface area contributed by atoms with Gasteiger partial charge in [-0.2, -0.15) is 0 Å². The molecule has 0 saturated heterocycles. The first-order valence-electron chi connectivity index (χ1n) is 13.8. The smallest absolute Gasteiger partial charge is 0.341 e. The van der Waals surface area contributed by atoms with Gasteiger partial charge in [0.05, 0.1) is 29.1 Å². The molecule has 2 unspecified atom stereocenters. The average molecular weight is 592 g/mol. The minimum Gasteiger partial charge on any atom is -0.490 e. The van der Waals surface area contributed by atoms with Gasteiger partial charge in [-0.15, -0.1) is 0 Å². The number of carbonyl (C=O) groups excluding carboxylic acids is 1. The lowest BCUT2D eigenvalue weighted by Crippen LogP contribution is -2.32. The van der Waals surface area contributed by atoms with Crippen LogP contribution in [0.25, 0.3) is 10.8 Å². The van der Waals surface area contributed by atoms with Crippen LogP contribution < -0.4 is 19.5 Å². The van der Waals surface area contributed by atoms with Gasteiger partial charge in [0.1, 0.15) is 18.5 Å². The van der Waals surface area contributed by atoms with Crippen LogP contribution in [0.4, 0.5) is 5.69 Å². The molecule has 3 aromatic carbocycles. The fraction of sp³-hybridized carbons (Fsp3) is 0.323. The van der Waals surface area contributed by atoms with E-state index in [0.29, 0.717) is 37.4 Å². The number of hydrogen-bond donors (Lipinski definition) is 3. The summed E-state index contributed by atoms with van der Waals surface area (Å²) >= 11 is 0. The number of hydrogen-bond acceptors (Lipinski definition) is 10. The number of unbranched alkanes of at least 4 members (excludes halogenated alkanes) is 1. The van der Waals surface area contributed by atoms with Gasteiger partial charge in [0.25, 0.3) is 5.69 Å². The largest absolute Gasteiger partial charge is 0.490 e. The van der Waals surface area contributed by atoms with E-state index in [2.05, 4.69) is 10.3 Å². The number of aliphatic hydroxyl groups is 1. The van der Waals surface area contributed by atoms with Gasteiger partial charge in [0.2, 0.25) is 0 Å². The Balaban J connectivity index is 1.21. The number of aliphatic hydroxyl groups excluding tert-OH is 1. The molecular weight excluding hydrogens is 558 g/mol. The Morgan fingerprint density at radius 3 is 2.65 bits per heavy atom. The molecule has 0 fully saturated rings. The Labute approximate surface area is 247 Å². The first kappa shape index (κ1) is 31.1. The highest BCUT2D eigenvalue weighted by molar-refractivity contribution is 6.04. The Hall–Kier alpha value is -4.81. The van der Waals surface area contributed by atoms with Crippen molar-refractivity contribution in [3.05, 3.63) is 82.6 Å². The zero-order valence-corrected chi connectivity index (χ0v) is 23.6. The minimum atomic E-state index is -1.11. The average Bonchev–Trinajstić information content (AvgIpc) is 3.00. The standard InChI is InChI=1S/C31H33N3O9/c1-20-26(30(36)37)15-22(17-33-20)31(38)43-29-16-23(34(39)40)11-12-28(29)41-14-5-4-13-32-18-24(35)19-42-27-10-6-8-21-7-2-3-9-25(21)27/h2-3,6-12,16-17,24,26,32,35H,4-5,13-15,18-19H2,1H3,(H,36,37). The highest BCUT2D eigenvalue weighted by Crippen LogP contribution is 2.33. The molecular formula is C31H33N3O9. The van der Waals surface area contributed by atoms with Gasteiger partial charge >= 0.3 is 11.9 Å². The van der Waals surface area contributed by atoms with E-state index >= 15 is 0 Å². The number of nitrogens with one attached hydrogen (secondary N) is 1. The molecule has 3 N–H and O–H groups in total. The van der Waals surface area contributed by atoms with E-state index in [4.69, 9.17) is 14.2 Å².